The molecule has 10 nitrogen and oxygen atoms in total. The van der Waals surface area contributed by atoms with Crippen LogP contribution >= 0.6 is 0 Å². The summed E-state index contributed by atoms with van der Waals surface area (Å²) in [6.45, 7) is 4.62. The van der Waals surface area contributed by atoms with Crippen LogP contribution in [-0.4, -0.2) is 53.0 Å². The molecule has 0 bridgehead atoms. The van der Waals surface area contributed by atoms with Crippen molar-refractivity contribution in [2.75, 3.05) is 23.7 Å². The summed E-state index contributed by atoms with van der Waals surface area (Å²) in [6, 6.07) is 1.68. The number of rotatable bonds is 7. The van der Waals surface area contributed by atoms with Crippen LogP contribution in [0.15, 0.2) is 17.1 Å². The first-order valence-electron chi connectivity index (χ1n) is 9.46. The molecular formula is C18H25N5O5S. The quantitative estimate of drug-likeness (QED) is 0.705. The van der Waals surface area contributed by atoms with Crippen molar-refractivity contribution in [1.82, 2.24) is 19.5 Å². The van der Waals surface area contributed by atoms with E-state index in [1.165, 1.54) is 4.57 Å². The molecule has 0 aliphatic carbocycles. The second kappa shape index (κ2) is 8.87. The summed E-state index contributed by atoms with van der Waals surface area (Å²) in [5.41, 5.74) is 0.940. The molecule has 3 heterocycles. The highest BCUT2D eigenvalue weighted by molar-refractivity contribution is 7.92. The van der Waals surface area contributed by atoms with Crippen LogP contribution in [0.2, 0.25) is 0 Å². The number of hydrogen-bond acceptors (Lipinski definition) is 8. The third kappa shape index (κ3) is 5.51. The van der Waals surface area contributed by atoms with Gasteiger partial charge < -0.3 is 14.0 Å². The maximum atomic E-state index is 12.2. The number of hydrogen-bond donors (Lipinski definition) is 1. The van der Waals surface area contributed by atoms with Crippen LogP contribution in [0.3, 0.4) is 0 Å². The number of aryl methyl sites for hydroxylation is 2. The second-order valence-corrected chi connectivity index (χ2v) is 8.79. The van der Waals surface area contributed by atoms with Crippen molar-refractivity contribution in [2.24, 2.45) is 7.05 Å². The van der Waals surface area contributed by atoms with Gasteiger partial charge in [0.1, 0.15) is 6.10 Å². The molecule has 0 radical (unpaired) electrons. The van der Waals surface area contributed by atoms with Gasteiger partial charge in [0.2, 0.25) is 16.0 Å². The molecule has 0 spiro atoms. The number of anilines is 1. The number of aromatic nitrogens is 4. The summed E-state index contributed by atoms with van der Waals surface area (Å²) < 4.78 is 39.4. The van der Waals surface area contributed by atoms with E-state index in [4.69, 9.17) is 9.47 Å². The highest BCUT2D eigenvalue weighted by Crippen LogP contribution is 2.21. The Morgan fingerprint density at radius 2 is 2.00 bits per heavy atom. The highest BCUT2D eigenvalue weighted by atomic mass is 32.2. The Morgan fingerprint density at radius 1 is 1.28 bits per heavy atom. The van der Waals surface area contributed by atoms with Gasteiger partial charge in [-0.1, -0.05) is 6.92 Å². The maximum absolute atomic E-state index is 12.2. The molecule has 1 N–H and O–H groups in total. The molecule has 0 unspecified atom stereocenters. The van der Waals surface area contributed by atoms with Crippen LogP contribution in [-0.2, 0) is 21.8 Å². The van der Waals surface area contributed by atoms with Crippen LogP contribution in [0.25, 0.3) is 11.4 Å². The van der Waals surface area contributed by atoms with Gasteiger partial charge in [-0.15, -0.1) is 0 Å². The van der Waals surface area contributed by atoms with Gasteiger partial charge in [-0.2, -0.15) is 15.0 Å². The zero-order chi connectivity index (χ0) is 21.0. The molecule has 0 atom stereocenters. The molecule has 3 rings (SSSR count). The molecule has 0 amide bonds. The zero-order valence-electron chi connectivity index (χ0n) is 16.7. The fourth-order valence-corrected chi connectivity index (χ4v) is 3.99. The van der Waals surface area contributed by atoms with E-state index in [9.17, 15) is 13.2 Å². The van der Waals surface area contributed by atoms with E-state index in [0.29, 0.717) is 43.6 Å². The lowest BCUT2D eigenvalue weighted by Crippen LogP contribution is -2.27. The molecule has 158 valence electrons. The van der Waals surface area contributed by atoms with Crippen molar-refractivity contribution in [2.45, 2.75) is 39.2 Å². The van der Waals surface area contributed by atoms with E-state index in [-0.39, 0.29) is 35.2 Å². The summed E-state index contributed by atoms with van der Waals surface area (Å²) in [6.07, 6.45) is 3.31. The molecule has 2 aromatic heterocycles. The van der Waals surface area contributed by atoms with Crippen molar-refractivity contribution < 1.29 is 17.9 Å². The first kappa shape index (κ1) is 21.2. The van der Waals surface area contributed by atoms with Gasteiger partial charge >= 0.3 is 6.01 Å². The van der Waals surface area contributed by atoms with Crippen molar-refractivity contribution in [3.63, 3.8) is 0 Å². The van der Waals surface area contributed by atoms with E-state index in [1.54, 1.807) is 33.2 Å². The Kier molecular flexibility index (Phi) is 6.48. The lowest BCUT2D eigenvalue weighted by atomic mass is 10.2. The minimum atomic E-state index is -3.59. The highest BCUT2D eigenvalue weighted by Gasteiger charge is 2.20. The summed E-state index contributed by atoms with van der Waals surface area (Å²) in [4.78, 5) is 24.7. The number of sulfonamides is 1. The van der Waals surface area contributed by atoms with Crippen LogP contribution in [0.1, 0.15) is 31.7 Å². The Morgan fingerprint density at radius 3 is 2.66 bits per heavy atom. The Hall–Kier alpha value is -2.53. The lowest BCUT2D eigenvalue weighted by molar-refractivity contribution is 0.0217. The molecule has 2 aromatic rings. The molecule has 1 aliphatic heterocycles. The van der Waals surface area contributed by atoms with Gasteiger partial charge in [-0.25, -0.2) is 8.42 Å². The third-order valence-corrected chi connectivity index (χ3v) is 5.83. The average molecular weight is 423 g/mol. The Balaban J connectivity index is 2.01. The molecule has 1 fully saturated rings. The lowest BCUT2D eigenvalue weighted by Gasteiger charge is -2.22. The fraction of sp³-hybridized carbons (Fsp3) is 0.556. The summed E-state index contributed by atoms with van der Waals surface area (Å²) >= 11 is 0. The third-order valence-electron chi connectivity index (χ3n) is 4.40. The monoisotopic (exact) mass is 423 g/mol. The first-order valence-corrected chi connectivity index (χ1v) is 11.1. The average Bonchev–Trinajstić information content (AvgIpc) is 2.66. The zero-order valence-corrected chi connectivity index (χ0v) is 17.5. The molecule has 29 heavy (non-hydrogen) atoms. The van der Waals surface area contributed by atoms with Crippen molar-refractivity contribution in [3.8, 4) is 17.4 Å². The van der Waals surface area contributed by atoms with Crippen LogP contribution in [0, 0.1) is 6.92 Å². The fourth-order valence-electron chi connectivity index (χ4n) is 2.99. The van der Waals surface area contributed by atoms with E-state index >= 15 is 0 Å². The number of nitrogens with one attached hydrogen (secondary N) is 1. The maximum Gasteiger partial charge on any atom is 0.322 e. The van der Waals surface area contributed by atoms with Crippen molar-refractivity contribution in [1.29, 1.82) is 0 Å². The standard InChI is InChI=1S/C18H25N5O5S/c1-4-9-29(25,26)22-17-19-15(13-10-12(2)16(24)23(3)11-13)20-18(21-17)28-14-5-7-27-8-6-14/h10-11,14H,4-9H2,1-3H3,(H,19,20,21,22). The smallest absolute Gasteiger partial charge is 0.322 e. The SMILES string of the molecule is CCCS(=O)(=O)Nc1nc(OC2CCOCC2)nc(-c2cc(C)c(=O)n(C)c2)n1. The molecule has 1 saturated heterocycles. The van der Waals surface area contributed by atoms with Crippen LogP contribution < -0.4 is 15.0 Å². The second-order valence-electron chi connectivity index (χ2n) is 6.94. The van der Waals surface area contributed by atoms with Crippen LogP contribution in [0.4, 0.5) is 5.95 Å². The number of ether oxygens (including phenoxy) is 2. The van der Waals surface area contributed by atoms with Crippen molar-refractivity contribution in [3.05, 3.63) is 28.2 Å². The largest absolute Gasteiger partial charge is 0.460 e. The molecule has 0 saturated carbocycles. The van der Waals surface area contributed by atoms with Crippen molar-refractivity contribution >= 4 is 16.0 Å². The van der Waals surface area contributed by atoms with E-state index in [0.717, 1.165) is 0 Å². The van der Waals surface area contributed by atoms with Gasteiger partial charge in [0, 0.05) is 37.2 Å². The van der Waals surface area contributed by atoms with Gasteiger partial charge in [0.15, 0.2) is 5.82 Å². The minimum absolute atomic E-state index is 0.0302. The normalized spacial score (nSPS) is 15.3. The van der Waals surface area contributed by atoms with Gasteiger partial charge in [-0.3, -0.25) is 9.52 Å². The topological polar surface area (TPSA) is 125 Å². The van der Waals surface area contributed by atoms with E-state index in [1.807, 2.05) is 0 Å². The first-order chi connectivity index (χ1) is 13.8. The minimum Gasteiger partial charge on any atom is -0.460 e. The summed E-state index contributed by atoms with van der Waals surface area (Å²) in [5.74, 6) is 0.0512. The van der Waals surface area contributed by atoms with Gasteiger partial charge in [-0.05, 0) is 19.4 Å². The molecular weight excluding hydrogens is 398 g/mol. The van der Waals surface area contributed by atoms with Gasteiger partial charge in [0.05, 0.1) is 19.0 Å². The van der Waals surface area contributed by atoms with Gasteiger partial charge in [0.25, 0.3) is 5.56 Å². The molecule has 0 aromatic carbocycles. The number of pyridine rings is 1. The van der Waals surface area contributed by atoms with E-state index < -0.39 is 10.0 Å². The molecule has 1 aliphatic rings. The predicted molar refractivity (Wildman–Crippen MR) is 107 cm³/mol. The predicted octanol–water partition coefficient (Wildman–Crippen LogP) is 1.26. The van der Waals surface area contributed by atoms with E-state index in [2.05, 4.69) is 19.7 Å². The summed E-state index contributed by atoms with van der Waals surface area (Å²) in [5, 5.41) is 0. The summed E-state index contributed by atoms with van der Waals surface area (Å²) in [7, 11) is -1.96. The van der Waals surface area contributed by atoms with Crippen LogP contribution in [0.5, 0.6) is 6.01 Å². The number of nitrogens with zero attached hydrogens (tertiary/aromatic N) is 4. The molecule has 11 heteroatoms. The Bertz CT molecular complexity index is 1010. The Labute approximate surface area is 169 Å².